The zero-order valence-electron chi connectivity index (χ0n) is 17.9. The van der Waals surface area contributed by atoms with Crippen LogP contribution in [0.5, 0.6) is 0 Å². The highest BCUT2D eigenvalue weighted by molar-refractivity contribution is 7.99. The van der Waals surface area contributed by atoms with Gasteiger partial charge in [-0.2, -0.15) is 5.10 Å². The maximum Gasteiger partial charge on any atom is 0.253 e. The predicted octanol–water partition coefficient (Wildman–Crippen LogP) is 2.60. The lowest BCUT2D eigenvalue weighted by atomic mass is 10.0. The Morgan fingerprint density at radius 3 is 2.69 bits per heavy atom. The molecule has 2 aromatic heterocycles. The van der Waals surface area contributed by atoms with E-state index in [0.29, 0.717) is 29.6 Å². The van der Waals surface area contributed by atoms with Crippen molar-refractivity contribution in [3.63, 3.8) is 0 Å². The minimum atomic E-state index is -0.391. The summed E-state index contributed by atoms with van der Waals surface area (Å²) in [5.74, 6) is 0.941. The molecule has 2 amide bonds. The molecule has 0 unspecified atom stereocenters. The van der Waals surface area contributed by atoms with E-state index in [1.807, 2.05) is 43.3 Å². The fourth-order valence-electron chi connectivity index (χ4n) is 3.48. The first-order valence-corrected chi connectivity index (χ1v) is 11.2. The van der Waals surface area contributed by atoms with Crippen LogP contribution in [-0.2, 0) is 23.1 Å². The molecular formula is C22H24N6O3S. The molecule has 1 aliphatic heterocycles. The summed E-state index contributed by atoms with van der Waals surface area (Å²) in [5, 5.41) is 15.0. The van der Waals surface area contributed by atoms with Gasteiger partial charge in [-0.05, 0) is 24.6 Å². The highest BCUT2D eigenvalue weighted by atomic mass is 32.2. The molecule has 0 spiro atoms. The standard InChI is InChI=1S/C22H24N6O3S/c1-14-5-7-15(8-6-14)16-12-17(18-4-3-11-31-18)28(26-16)21(30)13-32-22-25-24-20(27(22)2)10-9-19(23)29/h3-8,11,17H,9-10,12-13H2,1-2H3,(H2,23,29)/t17-/m1/s1. The number of amides is 2. The molecule has 2 N–H and O–H groups in total. The van der Waals surface area contributed by atoms with Gasteiger partial charge < -0.3 is 14.7 Å². The summed E-state index contributed by atoms with van der Waals surface area (Å²) in [6.45, 7) is 2.03. The lowest BCUT2D eigenvalue weighted by Crippen LogP contribution is -2.28. The van der Waals surface area contributed by atoms with Crippen LogP contribution in [0.25, 0.3) is 0 Å². The number of furan rings is 1. The molecule has 0 saturated carbocycles. The summed E-state index contributed by atoms with van der Waals surface area (Å²) in [5.41, 5.74) is 8.21. The van der Waals surface area contributed by atoms with Crippen molar-refractivity contribution < 1.29 is 14.0 Å². The van der Waals surface area contributed by atoms with Gasteiger partial charge in [0, 0.05) is 26.3 Å². The van der Waals surface area contributed by atoms with Crippen molar-refractivity contribution in [1.29, 1.82) is 0 Å². The molecule has 9 nitrogen and oxygen atoms in total. The monoisotopic (exact) mass is 452 g/mol. The van der Waals surface area contributed by atoms with E-state index in [1.165, 1.54) is 16.8 Å². The van der Waals surface area contributed by atoms with Crippen LogP contribution in [-0.4, -0.2) is 43.1 Å². The molecule has 4 rings (SSSR count). The van der Waals surface area contributed by atoms with Crippen molar-refractivity contribution >= 4 is 29.3 Å². The van der Waals surface area contributed by atoms with E-state index in [2.05, 4.69) is 15.3 Å². The number of hydrazone groups is 1. The van der Waals surface area contributed by atoms with E-state index in [-0.39, 0.29) is 24.1 Å². The predicted molar refractivity (Wildman–Crippen MR) is 120 cm³/mol. The van der Waals surface area contributed by atoms with Gasteiger partial charge in [0.2, 0.25) is 5.91 Å². The zero-order valence-corrected chi connectivity index (χ0v) is 18.7. The number of nitrogens with zero attached hydrogens (tertiary/aromatic N) is 5. The molecule has 1 aliphatic rings. The summed E-state index contributed by atoms with van der Waals surface area (Å²) >= 11 is 1.28. The van der Waals surface area contributed by atoms with Gasteiger partial charge in [0.25, 0.3) is 5.91 Å². The van der Waals surface area contributed by atoms with Gasteiger partial charge in [0.15, 0.2) is 5.16 Å². The third-order valence-corrected chi connectivity index (χ3v) is 6.27. The summed E-state index contributed by atoms with van der Waals surface area (Å²) < 4.78 is 7.37. The Bertz CT molecular complexity index is 1140. The van der Waals surface area contributed by atoms with Crippen molar-refractivity contribution in [3.05, 3.63) is 65.4 Å². The van der Waals surface area contributed by atoms with Crippen LogP contribution < -0.4 is 5.73 Å². The number of aromatic nitrogens is 3. The maximum absolute atomic E-state index is 13.1. The molecule has 0 fully saturated rings. The van der Waals surface area contributed by atoms with Crippen LogP contribution in [0.2, 0.25) is 0 Å². The smallest absolute Gasteiger partial charge is 0.253 e. The van der Waals surface area contributed by atoms with Crippen molar-refractivity contribution in [2.45, 2.75) is 37.4 Å². The average molecular weight is 453 g/mol. The van der Waals surface area contributed by atoms with Gasteiger partial charge in [0.05, 0.1) is 17.7 Å². The summed E-state index contributed by atoms with van der Waals surface area (Å²) in [6, 6.07) is 11.5. The number of carbonyl (C=O) groups excluding carboxylic acids is 2. The van der Waals surface area contributed by atoms with Gasteiger partial charge in [-0.15, -0.1) is 10.2 Å². The van der Waals surface area contributed by atoms with Crippen LogP contribution in [0, 0.1) is 6.92 Å². The fraction of sp³-hybridized carbons (Fsp3) is 0.318. The number of primary amides is 1. The molecule has 1 aromatic carbocycles. The summed E-state index contributed by atoms with van der Waals surface area (Å²) in [6.07, 6.45) is 2.78. The number of hydrogen-bond donors (Lipinski definition) is 1. The van der Waals surface area contributed by atoms with Crippen LogP contribution in [0.15, 0.2) is 57.3 Å². The number of aryl methyl sites for hydroxylation is 2. The SMILES string of the molecule is Cc1ccc(C2=NN(C(=O)CSc3nnc(CCC(N)=O)n3C)[C@@H](c3ccco3)C2)cc1. The second-order valence-corrected chi connectivity index (χ2v) is 8.54. The van der Waals surface area contributed by atoms with Gasteiger partial charge in [-0.1, -0.05) is 41.6 Å². The number of nitrogens with two attached hydrogens (primary N) is 1. The number of carbonyl (C=O) groups is 2. The van der Waals surface area contributed by atoms with Crippen molar-refractivity contribution in [2.75, 3.05) is 5.75 Å². The highest BCUT2D eigenvalue weighted by Gasteiger charge is 2.34. The topological polar surface area (TPSA) is 120 Å². The van der Waals surface area contributed by atoms with Crippen LogP contribution in [0.1, 0.15) is 41.6 Å². The molecule has 0 radical (unpaired) electrons. The van der Waals surface area contributed by atoms with Gasteiger partial charge in [0.1, 0.15) is 17.6 Å². The molecule has 0 bridgehead atoms. The molecule has 0 saturated heterocycles. The minimum absolute atomic E-state index is 0.143. The molecule has 3 heterocycles. The van der Waals surface area contributed by atoms with E-state index in [0.717, 1.165) is 16.8 Å². The third-order valence-electron chi connectivity index (χ3n) is 5.27. The summed E-state index contributed by atoms with van der Waals surface area (Å²) in [7, 11) is 1.80. The lowest BCUT2D eigenvalue weighted by molar-refractivity contribution is -0.130. The largest absolute Gasteiger partial charge is 0.467 e. The van der Waals surface area contributed by atoms with Crippen LogP contribution in [0.4, 0.5) is 0 Å². The Kier molecular flexibility index (Phi) is 6.40. The fourth-order valence-corrected chi connectivity index (χ4v) is 4.26. The highest BCUT2D eigenvalue weighted by Crippen LogP contribution is 2.34. The lowest BCUT2D eigenvalue weighted by Gasteiger charge is -2.19. The quantitative estimate of drug-likeness (QED) is 0.525. The zero-order chi connectivity index (χ0) is 22.7. The van der Waals surface area contributed by atoms with E-state index >= 15 is 0 Å². The second-order valence-electron chi connectivity index (χ2n) is 7.60. The van der Waals surface area contributed by atoms with Gasteiger partial charge in [-0.3, -0.25) is 9.59 Å². The Hall–Kier alpha value is -3.40. The molecule has 32 heavy (non-hydrogen) atoms. The molecule has 0 aliphatic carbocycles. The molecule has 1 atom stereocenters. The van der Waals surface area contributed by atoms with Gasteiger partial charge >= 0.3 is 0 Å². The van der Waals surface area contributed by atoms with E-state index in [9.17, 15) is 9.59 Å². The Balaban J connectivity index is 1.49. The van der Waals surface area contributed by atoms with E-state index in [1.54, 1.807) is 17.9 Å². The Morgan fingerprint density at radius 1 is 1.22 bits per heavy atom. The Labute approximate surface area is 189 Å². The van der Waals surface area contributed by atoms with Crippen molar-refractivity contribution in [3.8, 4) is 0 Å². The molecule has 3 aromatic rings. The first kappa shape index (κ1) is 21.8. The Morgan fingerprint density at radius 2 is 2.00 bits per heavy atom. The number of rotatable bonds is 8. The summed E-state index contributed by atoms with van der Waals surface area (Å²) in [4.78, 5) is 24.1. The minimum Gasteiger partial charge on any atom is -0.467 e. The number of hydrogen-bond acceptors (Lipinski definition) is 7. The number of thioether (sulfide) groups is 1. The first-order valence-electron chi connectivity index (χ1n) is 10.2. The second kappa shape index (κ2) is 9.39. The van der Waals surface area contributed by atoms with E-state index < -0.39 is 5.91 Å². The number of benzene rings is 1. The molecular weight excluding hydrogens is 428 g/mol. The maximum atomic E-state index is 13.1. The van der Waals surface area contributed by atoms with Crippen molar-refractivity contribution in [2.24, 2.45) is 17.9 Å². The van der Waals surface area contributed by atoms with Crippen molar-refractivity contribution in [1.82, 2.24) is 19.8 Å². The third kappa shape index (κ3) is 4.75. The van der Waals surface area contributed by atoms with Crippen LogP contribution >= 0.6 is 11.8 Å². The van der Waals surface area contributed by atoms with Crippen LogP contribution in [0.3, 0.4) is 0 Å². The molecule has 166 valence electrons. The molecule has 10 heteroatoms. The van der Waals surface area contributed by atoms with E-state index in [4.69, 9.17) is 10.2 Å². The average Bonchev–Trinajstić information content (AvgIpc) is 3.51. The van der Waals surface area contributed by atoms with Gasteiger partial charge in [-0.25, -0.2) is 5.01 Å². The first-order chi connectivity index (χ1) is 15.4. The normalized spacial score (nSPS) is 15.8.